The fourth-order valence-electron chi connectivity index (χ4n) is 3.55. The molecule has 1 heterocycles. The minimum Gasteiger partial charge on any atom is -0.457 e. The number of fused-ring (bicyclic) bond motifs is 2. The van der Waals surface area contributed by atoms with Gasteiger partial charge in [0, 0.05) is 5.92 Å². The summed E-state index contributed by atoms with van der Waals surface area (Å²) >= 11 is 0. The van der Waals surface area contributed by atoms with Crippen LogP contribution in [0.4, 0.5) is 0 Å². The number of hydrogen-bond acceptors (Lipinski definition) is 3. The molecule has 2 fully saturated rings. The molecule has 3 aliphatic rings. The van der Waals surface area contributed by atoms with Crippen LogP contribution in [-0.4, -0.2) is 23.3 Å². The summed E-state index contributed by atoms with van der Waals surface area (Å²) < 4.78 is 5.41. The van der Waals surface area contributed by atoms with Crippen LogP contribution in [0.25, 0.3) is 0 Å². The van der Waals surface area contributed by atoms with Crippen LogP contribution < -0.4 is 0 Å². The number of carbonyl (C=O) groups is 1. The molecule has 1 saturated heterocycles. The Labute approximate surface area is 108 Å². The van der Waals surface area contributed by atoms with Crippen LogP contribution in [0.3, 0.4) is 0 Å². The summed E-state index contributed by atoms with van der Waals surface area (Å²) in [5.74, 6) is 0.545. The second kappa shape index (κ2) is 3.95. The zero-order chi connectivity index (χ0) is 13.0. The van der Waals surface area contributed by atoms with Gasteiger partial charge in [0.15, 0.2) is 0 Å². The number of carbonyl (C=O) groups excluding carboxylic acids is 1. The van der Waals surface area contributed by atoms with Crippen LogP contribution >= 0.6 is 0 Å². The average Bonchev–Trinajstić information content (AvgIpc) is 3.02. The molecule has 1 aliphatic heterocycles. The number of rotatable bonds is 0. The molecule has 0 spiro atoms. The molecule has 0 unspecified atom stereocenters. The van der Waals surface area contributed by atoms with E-state index in [4.69, 9.17) is 4.74 Å². The highest BCUT2D eigenvalue weighted by atomic mass is 16.6. The van der Waals surface area contributed by atoms with E-state index in [2.05, 4.69) is 19.6 Å². The molecule has 1 N–H and O–H groups in total. The molecule has 0 aromatic heterocycles. The number of ether oxygens (including phenoxy) is 1. The Bertz CT molecular complexity index is 437. The smallest absolute Gasteiger partial charge is 0.309 e. The molecule has 0 aromatic rings. The van der Waals surface area contributed by atoms with E-state index >= 15 is 0 Å². The molecule has 1 saturated carbocycles. The Morgan fingerprint density at radius 3 is 2.89 bits per heavy atom. The van der Waals surface area contributed by atoms with Gasteiger partial charge in [-0.15, -0.1) is 0 Å². The molecule has 3 nitrogen and oxygen atoms in total. The van der Waals surface area contributed by atoms with Gasteiger partial charge >= 0.3 is 5.97 Å². The maximum Gasteiger partial charge on any atom is 0.309 e. The minimum absolute atomic E-state index is 0.123. The normalized spacial score (nSPS) is 50.1. The number of aliphatic hydroxyl groups excluding tert-OH is 1. The van der Waals surface area contributed by atoms with Crippen molar-refractivity contribution in [2.24, 2.45) is 23.7 Å². The van der Waals surface area contributed by atoms with Crippen molar-refractivity contribution in [2.45, 2.75) is 38.9 Å². The third-order valence-electron chi connectivity index (χ3n) is 4.82. The second-order valence-electron chi connectivity index (χ2n) is 6.06. The van der Waals surface area contributed by atoms with E-state index in [9.17, 15) is 9.90 Å². The molecule has 2 aliphatic carbocycles. The van der Waals surface area contributed by atoms with Crippen LogP contribution in [0.2, 0.25) is 0 Å². The molecule has 18 heavy (non-hydrogen) atoms. The fourth-order valence-corrected chi connectivity index (χ4v) is 3.55. The molecule has 0 bridgehead atoms. The Morgan fingerprint density at radius 1 is 1.44 bits per heavy atom. The number of esters is 1. The number of hydrogen-bond donors (Lipinski definition) is 1. The van der Waals surface area contributed by atoms with Crippen molar-refractivity contribution in [3.8, 4) is 0 Å². The predicted octanol–water partition coefficient (Wildman–Crippen LogP) is 2.07. The molecule has 3 rings (SSSR count). The van der Waals surface area contributed by atoms with Crippen molar-refractivity contribution in [3.05, 3.63) is 23.8 Å². The van der Waals surface area contributed by atoms with Gasteiger partial charge in [-0.3, -0.25) is 4.79 Å². The van der Waals surface area contributed by atoms with Crippen molar-refractivity contribution in [3.63, 3.8) is 0 Å². The number of aliphatic hydroxyl groups is 1. The lowest BCUT2D eigenvalue weighted by molar-refractivity contribution is -0.142. The molecule has 3 heteroatoms. The average molecular weight is 248 g/mol. The first kappa shape index (κ1) is 12.0. The van der Waals surface area contributed by atoms with Gasteiger partial charge in [-0.2, -0.15) is 0 Å². The van der Waals surface area contributed by atoms with E-state index in [1.165, 1.54) is 5.57 Å². The maximum absolute atomic E-state index is 11.7. The van der Waals surface area contributed by atoms with E-state index in [0.717, 1.165) is 12.0 Å². The molecule has 0 aromatic carbocycles. The second-order valence-corrected chi connectivity index (χ2v) is 6.06. The zero-order valence-electron chi connectivity index (χ0n) is 10.9. The summed E-state index contributed by atoms with van der Waals surface area (Å²) in [4.78, 5) is 11.7. The number of allylic oxidation sites excluding steroid dienone is 1. The van der Waals surface area contributed by atoms with Crippen LogP contribution in [0.5, 0.6) is 0 Å². The first-order chi connectivity index (χ1) is 8.49. The van der Waals surface area contributed by atoms with Gasteiger partial charge in [0.2, 0.25) is 0 Å². The fraction of sp³-hybridized carbons (Fsp3) is 0.667. The van der Waals surface area contributed by atoms with Gasteiger partial charge in [-0.05, 0) is 37.7 Å². The zero-order valence-corrected chi connectivity index (χ0v) is 10.9. The van der Waals surface area contributed by atoms with Crippen LogP contribution in [-0.2, 0) is 9.53 Å². The first-order valence-electron chi connectivity index (χ1n) is 6.73. The minimum atomic E-state index is -0.521. The SMILES string of the molecule is C=C1C[C@@H](O)[C@@H]2[C@@H](/C=C(/C)[C@H]3C[C@@H]13)OC(=O)[C@@H]2C. The first-order valence-corrected chi connectivity index (χ1v) is 6.73. The van der Waals surface area contributed by atoms with E-state index in [1.54, 1.807) is 0 Å². The van der Waals surface area contributed by atoms with Gasteiger partial charge < -0.3 is 9.84 Å². The van der Waals surface area contributed by atoms with Crippen molar-refractivity contribution in [2.75, 3.05) is 0 Å². The van der Waals surface area contributed by atoms with E-state index in [0.29, 0.717) is 18.3 Å². The molecular weight excluding hydrogens is 228 g/mol. The van der Waals surface area contributed by atoms with Gasteiger partial charge in [0.1, 0.15) is 6.10 Å². The topological polar surface area (TPSA) is 46.5 Å². The highest BCUT2D eigenvalue weighted by Crippen LogP contribution is 2.51. The molecular formula is C15H20O3. The lowest BCUT2D eigenvalue weighted by Gasteiger charge is -2.23. The Balaban J connectivity index is 1.95. The summed E-state index contributed by atoms with van der Waals surface area (Å²) in [6, 6.07) is 0. The van der Waals surface area contributed by atoms with Crippen LogP contribution in [0, 0.1) is 23.7 Å². The highest BCUT2D eigenvalue weighted by Gasteiger charge is 2.49. The van der Waals surface area contributed by atoms with Gasteiger partial charge in [0.05, 0.1) is 12.0 Å². The summed E-state index contributed by atoms with van der Waals surface area (Å²) in [5, 5.41) is 10.4. The Kier molecular flexibility index (Phi) is 2.63. The lowest BCUT2D eigenvalue weighted by atomic mass is 9.83. The lowest BCUT2D eigenvalue weighted by Crippen LogP contribution is -2.31. The third kappa shape index (κ3) is 1.72. The third-order valence-corrected chi connectivity index (χ3v) is 4.82. The molecule has 98 valence electrons. The Morgan fingerprint density at radius 2 is 2.17 bits per heavy atom. The van der Waals surface area contributed by atoms with E-state index < -0.39 is 6.10 Å². The van der Waals surface area contributed by atoms with Crippen molar-refractivity contribution >= 4 is 5.97 Å². The quantitative estimate of drug-likeness (QED) is 0.527. The molecule has 0 radical (unpaired) electrons. The highest BCUT2D eigenvalue weighted by molar-refractivity contribution is 5.75. The van der Waals surface area contributed by atoms with Gasteiger partial charge in [-0.1, -0.05) is 24.6 Å². The Hall–Kier alpha value is -1.09. The summed E-state index contributed by atoms with van der Waals surface area (Å²) in [6.07, 6.45) is 3.01. The largest absolute Gasteiger partial charge is 0.457 e. The van der Waals surface area contributed by atoms with Crippen molar-refractivity contribution < 1.29 is 14.6 Å². The van der Waals surface area contributed by atoms with Crippen molar-refractivity contribution in [1.82, 2.24) is 0 Å². The monoisotopic (exact) mass is 248 g/mol. The summed E-state index contributed by atoms with van der Waals surface area (Å²) in [6.45, 7) is 8.06. The summed E-state index contributed by atoms with van der Waals surface area (Å²) in [5.41, 5.74) is 2.42. The predicted molar refractivity (Wildman–Crippen MR) is 67.7 cm³/mol. The van der Waals surface area contributed by atoms with Gasteiger partial charge in [-0.25, -0.2) is 0 Å². The standard InChI is InChI=1S/C15H20O3/c1-7-4-12(16)14-9(3)15(17)18-13(14)5-8(2)11-6-10(7)11/h5,9-14,16H,1,4,6H2,2-3H3/b8-5-/t9-,10+,11-,12-,13-,14-/m1/s1. The van der Waals surface area contributed by atoms with E-state index in [-0.39, 0.29) is 23.9 Å². The van der Waals surface area contributed by atoms with Crippen LogP contribution in [0.15, 0.2) is 23.8 Å². The molecule has 0 amide bonds. The molecule has 6 atom stereocenters. The maximum atomic E-state index is 11.7. The van der Waals surface area contributed by atoms with Gasteiger partial charge in [0.25, 0.3) is 0 Å². The van der Waals surface area contributed by atoms with Crippen LogP contribution in [0.1, 0.15) is 26.7 Å². The van der Waals surface area contributed by atoms with Crippen molar-refractivity contribution in [1.29, 1.82) is 0 Å². The summed E-state index contributed by atoms with van der Waals surface area (Å²) in [7, 11) is 0. The van der Waals surface area contributed by atoms with E-state index in [1.807, 2.05) is 6.92 Å².